The quantitative estimate of drug-likeness (QED) is 0.183. The van der Waals surface area contributed by atoms with Gasteiger partial charge in [-0.15, -0.1) is 0 Å². The fourth-order valence-electron chi connectivity index (χ4n) is 7.14. The predicted octanol–water partition coefficient (Wildman–Crippen LogP) is 11.9. The zero-order chi connectivity index (χ0) is 32.3. The minimum Gasteiger partial charge on any atom is -0.456 e. The molecular formula is C45H27N3O. The van der Waals surface area contributed by atoms with Crippen molar-refractivity contribution in [3.8, 4) is 45.3 Å². The lowest BCUT2D eigenvalue weighted by atomic mass is 9.96. The van der Waals surface area contributed by atoms with E-state index in [-0.39, 0.29) is 0 Å². The second kappa shape index (κ2) is 11.0. The summed E-state index contributed by atoms with van der Waals surface area (Å²) in [4.78, 5) is 15.1. The first kappa shape index (κ1) is 27.5. The van der Waals surface area contributed by atoms with E-state index in [2.05, 4.69) is 115 Å². The summed E-state index contributed by atoms with van der Waals surface area (Å²) in [6, 6.07) is 56.9. The maximum Gasteiger partial charge on any atom is 0.164 e. The second-order valence-corrected chi connectivity index (χ2v) is 12.4. The van der Waals surface area contributed by atoms with Crippen molar-refractivity contribution in [2.75, 3.05) is 0 Å². The van der Waals surface area contributed by atoms with Crippen LogP contribution in [0.2, 0.25) is 0 Å². The summed E-state index contributed by atoms with van der Waals surface area (Å²) in [6.45, 7) is 0. The van der Waals surface area contributed by atoms with Crippen LogP contribution in [0.1, 0.15) is 0 Å². The molecule has 4 heteroatoms. The summed E-state index contributed by atoms with van der Waals surface area (Å²) in [5.74, 6) is 1.85. The van der Waals surface area contributed by atoms with Crippen molar-refractivity contribution < 1.29 is 4.42 Å². The van der Waals surface area contributed by atoms with Gasteiger partial charge in [0.05, 0.1) is 0 Å². The molecule has 4 nitrogen and oxygen atoms in total. The molecule has 0 saturated carbocycles. The molecule has 0 aliphatic rings. The van der Waals surface area contributed by atoms with E-state index in [1.807, 2.05) is 48.5 Å². The normalized spacial score (nSPS) is 11.7. The Kier molecular flexibility index (Phi) is 6.15. The van der Waals surface area contributed by atoms with Crippen LogP contribution in [0.15, 0.2) is 168 Å². The van der Waals surface area contributed by atoms with E-state index in [0.29, 0.717) is 17.5 Å². The molecule has 0 N–H and O–H groups in total. The molecule has 0 aliphatic heterocycles. The van der Waals surface area contributed by atoms with Gasteiger partial charge in [-0.05, 0) is 67.7 Å². The van der Waals surface area contributed by atoms with Gasteiger partial charge in [-0.1, -0.05) is 140 Å². The SMILES string of the molecule is c1ccc(-c2nc(-c3ccc4c(ccc5c6ccccc6ccc45)c3)nc(-c3ccc4c(c3)oc3cccc(-c5ccccc5)c34)n2)cc1. The van der Waals surface area contributed by atoms with Crippen molar-refractivity contribution in [3.05, 3.63) is 164 Å². The Morgan fingerprint density at radius 3 is 1.65 bits per heavy atom. The number of rotatable bonds is 4. The van der Waals surface area contributed by atoms with Gasteiger partial charge < -0.3 is 4.42 Å². The highest BCUT2D eigenvalue weighted by Gasteiger charge is 2.17. The van der Waals surface area contributed by atoms with Crippen molar-refractivity contribution in [3.63, 3.8) is 0 Å². The average molecular weight is 626 g/mol. The van der Waals surface area contributed by atoms with Gasteiger partial charge in [0.2, 0.25) is 0 Å². The van der Waals surface area contributed by atoms with Crippen LogP contribution in [0, 0.1) is 0 Å². The van der Waals surface area contributed by atoms with E-state index in [4.69, 9.17) is 19.4 Å². The zero-order valence-corrected chi connectivity index (χ0v) is 26.3. The summed E-state index contributed by atoms with van der Waals surface area (Å²) in [6.07, 6.45) is 0. The first-order valence-electron chi connectivity index (χ1n) is 16.4. The number of aromatic nitrogens is 3. The lowest BCUT2D eigenvalue weighted by molar-refractivity contribution is 0.669. The first-order valence-corrected chi connectivity index (χ1v) is 16.4. The highest BCUT2D eigenvalue weighted by molar-refractivity contribution is 6.17. The summed E-state index contributed by atoms with van der Waals surface area (Å²) in [5, 5.41) is 9.50. The lowest BCUT2D eigenvalue weighted by Gasteiger charge is -2.11. The van der Waals surface area contributed by atoms with Crippen LogP contribution in [-0.2, 0) is 0 Å². The van der Waals surface area contributed by atoms with Crippen LogP contribution in [0.3, 0.4) is 0 Å². The summed E-state index contributed by atoms with van der Waals surface area (Å²) in [7, 11) is 0. The molecular weight excluding hydrogens is 599 g/mol. The second-order valence-electron chi connectivity index (χ2n) is 12.4. The minimum atomic E-state index is 0.597. The molecule has 10 aromatic rings. The summed E-state index contributed by atoms with van der Waals surface area (Å²) in [5.41, 5.74) is 6.69. The van der Waals surface area contributed by atoms with Gasteiger partial charge in [0, 0.05) is 27.5 Å². The van der Waals surface area contributed by atoms with E-state index in [1.54, 1.807) is 0 Å². The minimum absolute atomic E-state index is 0.597. The molecule has 0 aliphatic carbocycles. The average Bonchev–Trinajstić information content (AvgIpc) is 3.56. The van der Waals surface area contributed by atoms with Gasteiger partial charge in [-0.2, -0.15) is 0 Å². The molecule has 2 aromatic heterocycles. The molecule has 0 bridgehead atoms. The Morgan fingerprint density at radius 1 is 0.327 bits per heavy atom. The van der Waals surface area contributed by atoms with Crippen LogP contribution in [0.5, 0.6) is 0 Å². The van der Waals surface area contributed by atoms with Crippen LogP contribution in [0.4, 0.5) is 0 Å². The van der Waals surface area contributed by atoms with Crippen molar-refractivity contribution in [2.45, 2.75) is 0 Å². The van der Waals surface area contributed by atoms with Gasteiger partial charge >= 0.3 is 0 Å². The van der Waals surface area contributed by atoms with Crippen LogP contribution in [-0.4, -0.2) is 15.0 Å². The third kappa shape index (κ3) is 4.57. The number of fused-ring (bicyclic) bond motifs is 8. The molecule has 8 aromatic carbocycles. The van der Waals surface area contributed by atoms with Crippen molar-refractivity contribution in [1.82, 2.24) is 15.0 Å². The number of benzene rings is 8. The Hall–Kier alpha value is -6.65. The van der Waals surface area contributed by atoms with Gasteiger partial charge in [-0.3, -0.25) is 0 Å². The lowest BCUT2D eigenvalue weighted by Crippen LogP contribution is -2.00. The molecule has 0 radical (unpaired) electrons. The molecule has 2 heterocycles. The first-order chi connectivity index (χ1) is 24.3. The summed E-state index contributed by atoms with van der Waals surface area (Å²) < 4.78 is 6.45. The van der Waals surface area contributed by atoms with Crippen molar-refractivity contribution in [1.29, 1.82) is 0 Å². The van der Waals surface area contributed by atoms with E-state index >= 15 is 0 Å². The van der Waals surface area contributed by atoms with Gasteiger partial charge in [0.1, 0.15) is 11.2 Å². The molecule has 0 amide bonds. The zero-order valence-electron chi connectivity index (χ0n) is 26.3. The van der Waals surface area contributed by atoms with E-state index in [9.17, 15) is 0 Å². The van der Waals surface area contributed by atoms with Crippen LogP contribution >= 0.6 is 0 Å². The molecule has 0 fully saturated rings. The number of hydrogen-bond donors (Lipinski definition) is 0. The molecule has 0 saturated heterocycles. The van der Waals surface area contributed by atoms with E-state index in [1.165, 1.54) is 26.9 Å². The topological polar surface area (TPSA) is 51.8 Å². The smallest absolute Gasteiger partial charge is 0.164 e. The van der Waals surface area contributed by atoms with Crippen molar-refractivity contribution in [2.24, 2.45) is 0 Å². The number of hydrogen-bond acceptors (Lipinski definition) is 4. The largest absolute Gasteiger partial charge is 0.456 e. The van der Waals surface area contributed by atoms with Gasteiger partial charge in [0.15, 0.2) is 17.5 Å². The monoisotopic (exact) mass is 625 g/mol. The van der Waals surface area contributed by atoms with Gasteiger partial charge in [0.25, 0.3) is 0 Å². The molecule has 10 rings (SSSR count). The Balaban J connectivity index is 1.13. The van der Waals surface area contributed by atoms with E-state index in [0.717, 1.165) is 55.1 Å². The third-order valence-corrected chi connectivity index (χ3v) is 9.51. The number of furan rings is 1. The summed E-state index contributed by atoms with van der Waals surface area (Å²) >= 11 is 0. The van der Waals surface area contributed by atoms with E-state index < -0.39 is 0 Å². The maximum absolute atomic E-state index is 6.45. The molecule has 0 spiro atoms. The fraction of sp³-hybridized carbons (Fsp3) is 0. The third-order valence-electron chi connectivity index (χ3n) is 9.51. The standard InChI is InChI=1S/C45H27N3O/c1-3-10-28(11-4-1)36-16-9-17-40-42(36)39-25-21-33(27-41(39)49-40)45-47-43(30-13-5-2-6-14-30)46-44(48-45)32-20-22-35-31(26-32)19-24-37-34-15-8-7-12-29(34)18-23-38(35)37/h1-27H. The van der Waals surface area contributed by atoms with Crippen LogP contribution < -0.4 is 0 Å². The maximum atomic E-state index is 6.45. The van der Waals surface area contributed by atoms with Crippen LogP contribution in [0.25, 0.3) is 99.5 Å². The molecule has 0 unspecified atom stereocenters. The molecule has 49 heavy (non-hydrogen) atoms. The Bertz CT molecular complexity index is 2880. The van der Waals surface area contributed by atoms with Gasteiger partial charge in [-0.25, -0.2) is 15.0 Å². The van der Waals surface area contributed by atoms with Crippen molar-refractivity contribution >= 4 is 54.3 Å². The predicted molar refractivity (Wildman–Crippen MR) is 201 cm³/mol. The fourth-order valence-corrected chi connectivity index (χ4v) is 7.14. The highest BCUT2D eigenvalue weighted by atomic mass is 16.3. The Morgan fingerprint density at radius 2 is 0.898 bits per heavy atom. The molecule has 0 atom stereocenters. The Labute approximate surface area is 282 Å². The number of nitrogens with zero attached hydrogens (tertiary/aromatic N) is 3. The highest BCUT2D eigenvalue weighted by Crippen LogP contribution is 2.39. The molecule has 228 valence electrons.